The van der Waals surface area contributed by atoms with Crippen molar-refractivity contribution in [2.24, 2.45) is 0 Å². The second-order valence-corrected chi connectivity index (χ2v) is 5.31. The van der Waals surface area contributed by atoms with Gasteiger partial charge in [0.2, 0.25) is 17.4 Å². The molecule has 3 aromatic rings. The van der Waals surface area contributed by atoms with Gasteiger partial charge in [-0.05, 0) is 32.0 Å². The van der Waals surface area contributed by atoms with Crippen molar-refractivity contribution in [1.82, 2.24) is 14.4 Å². The highest BCUT2D eigenvalue weighted by atomic mass is 16.7. The number of carbonyl (C=O) groups excluding carboxylic acids is 2. The third-order valence-electron chi connectivity index (χ3n) is 3.52. The number of rotatable bonds is 3. The number of fused-ring (bicyclic) bond motifs is 3. The largest absolute Gasteiger partial charge is 0.515 e. The van der Waals surface area contributed by atoms with Crippen LogP contribution in [0.1, 0.15) is 19.5 Å². The van der Waals surface area contributed by atoms with Crippen LogP contribution in [0.3, 0.4) is 0 Å². The molecule has 0 saturated heterocycles. The van der Waals surface area contributed by atoms with E-state index >= 15 is 0 Å². The van der Waals surface area contributed by atoms with E-state index in [0.29, 0.717) is 22.4 Å². The van der Waals surface area contributed by atoms with Gasteiger partial charge in [-0.3, -0.25) is 14.0 Å². The molecule has 0 saturated carbocycles. The second kappa shape index (κ2) is 6.27. The lowest BCUT2D eigenvalue weighted by atomic mass is 10.2. The summed E-state index contributed by atoms with van der Waals surface area (Å²) in [5.74, 6) is -0.214. The van der Waals surface area contributed by atoms with E-state index in [0.717, 1.165) is 0 Å². The van der Waals surface area contributed by atoms with E-state index in [2.05, 4.69) is 15.3 Å². The molecular formula is C16H16N4O5. The molecule has 0 atom stereocenters. The van der Waals surface area contributed by atoms with E-state index in [9.17, 15) is 14.4 Å². The van der Waals surface area contributed by atoms with Crippen molar-refractivity contribution in [2.45, 2.75) is 20.8 Å². The molecule has 2 heterocycles. The number of amides is 1. The molecule has 2 N–H and O–H groups in total. The van der Waals surface area contributed by atoms with Crippen LogP contribution in [0.2, 0.25) is 0 Å². The number of aryl methyl sites for hydroxylation is 1. The number of ether oxygens (including phenoxy) is 2. The molecule has 3 rings (SSSR count). The summed E-state index contributed by atoms with van der Waals surface area (Å²) >= 11 is 0. The Balaban J connectivity index is 2.17. The summed E-state index contributed by atoms with van der Waals surface area (Å²) in [5.41, 5.74) is 1.83. The number of anilines is 1. The van der Waals surface area contributed by atoms with Crippen molar-refractivity contribution in [3.8, 4) is 5.88 Å². The molecular weight excluding hydrogens is 328 g/mol. The van der Waals surface area contributed by atoms with E-state index in [1.54, 1.807) is 36.4 Å². The highest BCUT2D eigenvalue weighted by Gasteiger charge is 2.18. The van der Waals surface area contributed by atoms with Crippen LogP contribution in [0.5, 0.6) is 5.88 Å². The van der Waals surface area contributed by atoms with Crippen LogP contribution in [0.15, 0.2) is 23.0 Å². The average Bonchev–Trinajstić information content (AvgIpc) is 2.85. The summed E-state index contributed by atoms with van der Waals surface area (Å²) in [6.07, 6.45) is -0.886. The first-order valence-corrected chi connectivity index (χ1v) is 7.58. The minimum absolute atomic E-state index is 0.00221. The molecule has 25 heavy (non-hydrogen) atoms. The number of hydrogen-bond acceptors (Lipinski definition) is 6. The minimum Gasteiger partial charge on any atom is -0.434 e. The number of imidazole rings is 1. The van der Waals surface area contributed by atoms with Gasteiger partial charge in [-0.1, -0.05) is 0 Å². The maximum Gasteiger partial charge on any atom is 0.515 e. The number of nitrogens with zero attached hydrogens (tertiary/aromatic N) is 2. The van der Waals surface area contributed by atoms with Crippen molar-refractivity contribution in [1.29, 1.82) is 0 Å². The Hall–Kier alpha value is -3.36. The molecule has 0 aliphatic carbocycles. The zero-order valence-corrected chi connectivity index (χ0v) is 13.9. The third-order valence-corrected chi connectivity index (χ3v) is 3.52. The van der Waals surface area contributed by atoms with Crippen LogP contribution < -0.4 is 15.6 Å². The molecule has 9 heteroatoms. The lowest BCUT2D eigenvalue weighted by Crippen LogP contribution is -2.12. The fraction of sp³-hybridized carbons (Fsp3) is 0.250. The van der Waals surface area contributed by atoms with E-state index in [1.165, 1.54) is 6.92 Å². The molecule has 2 aromatic heterocycles. The highest BCUT2D eigenvalue weighted by molar-refractivity contribution is 5.91. The monoisotopic (exact) mass is 344 g/mol. The maximum absolute atomic E-state index is 12.3. The predicted octanol–water partition coefficient (Wildman–Crippen LogP) is 1.98. The first-order valence-electron chi connectivity index (χ1n) is 7.58. The van der Waals surface area contributed by atoms with Gasteiger partial charge in [0.1, 0.15) is 0 Å². The number of aromatic amines is 1. The Morgan fingerprint density at radius 3 is 2.80 bits per heavy atom. The molecule has 9 nitrogen and oxygen atoms in total. The fourth-order valence-corrected chi connectivity index (χ4v) is 2.54. The summed E-state index contributed by atoms with van der Waals surface area (Å²) < 4.78 is 11.4. The summed E-state index contributed by atoms with van der Waals surface area (Å²) in [5, 5.41) is 2.65. The summed E-state index contributed by atoms with van der Waals surface area (Å²) in [6.45, 7) is 4.90. The van der Waals surface area contributed by atoms with Crippen LogP contribution in [0.25, 0.3) is 16.7 Å². The zero-order valence-electron chi connectivity index (χ0n) is 13.9. The van der Waals surface area contributed by atoms with E-state index < -0.39 is 11.7 Å². The van der Waals surface area contributed by atoms with E-state index in [-0.39, 0.29) is 24.0 Å². The molecule has 0 unspecified atom stereocenters. The third kappa shape index (κ3) is 3.03. The van der Waals surface area contributed by atoms with Gasteiger partial charge in [0, 0.05) is 12.6 Å². The zero-order chi connectivity index (χ0) is 18.1. The first kappa shape index (κ1) is 16.5. The molecule has 0 fully saturated rings. The van der Waals surface area contributed by atoms with Gasteiger partial charge >= 0.3 is 6.16 Å². The Kier molecular flexibility index (Phi) is 4.14. The Morgan fingerprint density at radius 1 is 1.36 bits per heavy atom. The Morgan fingerprint density at radius 2 is 2.12 bits per heavy atom. The molecule has 130 valence electrons. The smallest absolute Gasteiger partial charge is 0.434 e. The lowest BCUT2D eigenvalue weighted by Gasteiger charge is -2.07. The first-order chi connectivity index (χ1) is 11.9. The summed E-state index contributed by atoms with van der Waals surface area (Å²) in [6, 6.07) is 5.07. The highest BCUT2D eigenvalue weighted by Crippen LogP contribution is 2.23. The van der Waals surface area contributed by atoms with Crippen molar-refractivity contribution < 1.29 is 19.1 Å². The van der Waals surface area contributed by atoms with Crippen LogP contribution >= 0.6 is 0 Å². The number of aromatic nitrogens is 3. The number of nitrogens with one attached hydrogen (secondary N) is 2. The number of hydrogen-bond donors (Lipinski definition) is 2. The van der Waals surface area contributed by atoms with Gasteiger partial charge in [-0.15, -0.1) is 0 Å². The van der Waals surface area contributed by atoms with Crippen molar-refractivity contribution in [2.75, 3.05) is 11.9 Å². The molecule has 1 aromatic carbocycles. The van der Waals surface area contributed by atoms with Gasteiger partial charge in [0.15, 0.2) is 0 Å². The number of H-pyrrole nitrogens is 1. The summed E-state index contributed by atoms with van der Waals surface area (Å²) in [4.78, 5) is 41.8. The molecule has 0 bridgehead atoms. The molecule has 1 amide bonds. The predicted molar refractivity (Wildman–Crippen MR) is 90.0 cm³/mol. The standard InChI is InChI=1S/C16H16N4O5/c1-4-24-16(23)25-15-8(2)20-12-6-5-10(17-9(3)21)7-11(12)18-14(22)13(20)19-15/h5-7H,4H2,1-3H3,(H,17,21)(H,18,22). The van der Waals surface area contributed by atoms with Gasteiger partial charge in [0.05, 0.1) is 23.3 Å². The average molecular weight is 344 g/mol. The van der Waals surface area contributed by atoms with Crippen LogP contribution in [0.4, 0.5) is 10.5 Å². The van der Waals surface area contributed by atoms with Gasteiger partial charge in [-0.2, -0.15) is 4.98 Å². The molecule has 0 aliphatic rings. The van der Waals surface area contributed by atoms with Crippen molar-refractivity contribution >= 4 is 34.4 Å². The fourth-order valence-electron chi connectivity index (χ4n) is 2.54. The quantitative estimate of drug-likeness (QED) is 0.702. The normalized spacial score (nSPS) is 10.8. The molecule has 0 aliphatic heterocycles. The minimum atomic E-state index is -0.886. The van der Waals surface area contributed by atoms with Crippen LogP contribution in [-0.2, 0) is 9.53 Å². The second-order valence-electron chi connectivity index (χ2n) is 5.31. The SMILES string of the molecule is CCOC(=O)Oc1nc2c(=O)[nH]c3cc(NC(C)=O)ccc3n2c1C. The van der Waals surface area contributed by atoms with Crippen molar-refractivity contribution in [3.05, 3.63) is 34.2 Å². The topological polar surface area (TPSA) is 115 Å². The molecule has 0 spiro atoms. The van der Waals surface area contributed by atoms with E-state index in [1.807, 2.05) is 0 Å². The van der Waals surface area contributed by atoms with Gasteiger partial charge in [0.25, 0.3) is 5.56 Å². The number of carbonyl (C=O) groups is 2. The van der Waals surface area contributed by atoms with Gasteiger partial charge in [-0.25, -0.2) is 4.79 Å². The van der Waals surface area contributed by atoms with Crippen LogP contribution in [0, 0.1) is 6.92 Å². The van der Waals surface area contributed by atoms with E-state index in [4.69, 9.17) is 9.47 Å². The molecule has 0 radical (unpaired) electrons. The Labute approximate surface area is 141 Å². The van der Waals surface area contributed by atoms with Gasteiger partial charge < -0.3 is 19.8 Å². The maximum atomic E-state index is 12.3. The summed E-state index contributed by atoms with van der Waals surface area (Å²) in [7, 11) is 0. The van der Waals surface area contributed by atoms with Crippen molar-refractivity contribution in [3.63, 3.8) is 0 Å². The number of benzene rings is 1. The Bertz CT molecular complexity index is 1050. The lowest BCUT2D eigenvalue weighted by molar-refractivity contribution is -0.114. The van der Waals surface area contributed by atoms with Crippen LogP contribution in [-0.4, -0.2) is 33.0 Å².